The number of halogens is 2. The van der Waals surface area contributed by atoms with Crippen LogP contribution in [0.5, 0.6) is 0 Å². The van der Waals surface area contributed by atoms with Gasteiger partial charge in [-0.3, -0.25) is 0 Å². The quantitative estimate of drug-likeness (QED) is 0.872. The molecule has 0 radical (unpaired) electrons. The molecule has 1 heterocycles. The third-order valence-corrected chi connectivity index (χ3v) is 6.26. The van der Waals surface area contributed by atoms with Gasteiger partial charge in [-0.05, 0) is 43.0 Å². The van der Waals surface area contributed by atoms with E-state index < -0.39 is 10.0 Å². The van der Waals surface area contributed by atoms with E-state index in [-0.39, 0.29) is 17.8 Å². The molecule has 1 aromatic carbocycles. The summed E-state index contributed by atoms with van der Waals surface area (Å²) in [5, 5.41) is 0. The Morgan fingerprint density at radius 3 is 2.65 bits per heavy atom. The van der Waals surface area contributed by atoms with Crippen molar-refractivity contribution < 1.29 is 8.42 Å². The summed E-state index contributed by atoms with van der Waals surface area (Å²) in [5.74, 6) is 0. The highest BCUT2D eigenvalue weighted by molar-refractivity contribution is 9.10. The maximum Gasteiger partial charge on any atom is 0.243 e. The fourth-order valence-corrected chi connectivity index (χ4v) is 4.70. The van der Waals surface area contributed by atoms with Gasteiger partial charge in [-0.15, -0.1) is 12.4 Å². The predicted octanol–water partition coefficient (Wildman–Crippen LogP) is 2.54. The minimum atomic E-state index is -3.43. The Morgan fingerprint density at radius 1 is 1.45 bits per heavy atom. The van der Waals surface area contributed by atoms with Crippen molar-refractivity contribution in [1.29, 1.82) is 0 Å². The average Bonchev–Trinajstić information content (AvgIpc) is 2.76. The molecule has 2 rings (SSSR count). The molecule has 1 aliphatic heterocycles. The van der Waals surface area contributed by atoms with Crippen molar-refractivity contribution in [1.82, 2.24) is 4.31 Å². The standard InChI is InChI=1S/C13H19BrN2O2S.ClH/c1-10-3-4-11(14)7-12(10)19(17,18)16-6-5-13(2,8-15)9-16;/h3-4,7H,5-6,8-9,15H2,1-2H3;1H. The third-order valence-electron chi connectivity index (χ3n) is 3.78. The zero-order chi connectivity index (χ0) is 14.3. The molecule has 7 heteroatoms. The molecule has 0 spiro atoms. The molecule has 1 fully saturated rings. The number of hydrogen-bond donors (Lipinski definition) is 1. The van der Waals surface area contributed by atoms with E-state index in [1.165, 1.54) is 0 Å². The molecule has 1 aromatic rings. The fraction of sp³-hybridized carbons (Fsp3) is 0.538. The summed E-state index contributed by atoms with van der Waals surface area (Å²) in [6.07, 6.45) is 0.815. The number of sulfonamides is 1. The van der Waals surface area contributed by atoms with Crippen molar-refractivity contribution in [3.63, 3.8) is 0 Å². The Bertz CT molecular complexity index is 594. The van der Waals surface area contributed by atoms with Crippen LogP contribution in [0.2, 0.25) is 0 Å². The van der Waals surface area contributed by atoms with Crippen LogP contribution >= 0.6 is 28.3 Å². The van der Waals surface area contributed by atoms with Gasteiger partial charge in [0.25, 0.3) is 0 Å². The number of rotatable bonds is 3. The van der Waals surface area contributed by atoms with E-state index in [0.29, 0.717) is 24.5 Å². The Hall–Kier alpha value is -0.140. The van der Waals surface area contributed by atoms with E-state index in [0.717, 1.165) is 16.5 Å². The molecule has 20 heavy (non-hydrogen) atoms. The van der Waals surface area contributed by atoms with Gasteiger partial charge in [-0.1, -0.05) is 28.9 Å². The molecule has 1 saturated heterocycles. The Morgan fingerprint density at radius 2 is 2.10 bits per heavy atom. The SMILES string of the molecule is Cc1ccc(Br)cc1S(=O)(=O)N1CCC(C)(CN)C1.Cl. The summed E-state index contributed by atoms with van der Waals surface area (Å²) in [5.41, 5.74) is 6.40. The van der Waals surface area contributed by atoms with E-state index in [1.807, 2.05) is 26.0 Å². The molecule has 0 amide bonds. The lowest BCUT2D eigenvalue weighted by Gasteiger charge is -2.23. The van der Waals surface area contributed by atoms with Gasteiger partial charge in [0.05, 0.1) is 4.90 Å². The first-order valence-corrected chi connectivity index (χ1v) is 8.48. The Labute approximate surface area is 135 Å². The Balaban J connectivity index is 0.00000200. The molecular weight excluding hydrogens is 364 g/mol. The van der Waals surface area contributed by atoms with Gasteiger partial charge >= 0.3 is 0 Å². The molecule has 0 aliphatic carbocycles. The molecule has 1 atom stereocenters. The van der Waals surface area contributed by atoms with Crippen LogP contribution in [0.25, 0.3) is 0 Å². The lowest BCUT2D eigenvalue weighted by Crippen LogP contribution is -2.34. The lowest BCUT2D eigenvalue weighted by molar-refractivity contribution is 0.349. The van der Waals surface area contributed by atoms with Gasteiger partial charge in [0.15, 0.2) is 0 Å². The number of aryl methyl sites for hydroxylation is 1. The van der Waals surface area contributed by atoms with E-state index in [9.17, 15) is 8.42 Å². The zero-order valence-electron chi connectivity index (χ0n) is 11.6. The van der Waals surface area contributed by atoms with Crippen LogP contribution in [0.15, 0.2) is 27.6 Å². The van der Waals surface area contributed by atoms with Crippen molar-refractivity contribution in [3.8, 4) is 0 Å². The normalized spacial score (nSPS) is 23.6. The van der Waals surface area contributed by atoms with Crippen LogP contribution in [-0.2, 0) is 10.0 Å². The van der Waals surface area contributed by atoms with Crippen LogP contribution < -0.4 is 5.73 Å². The summed E-state index contributed by atoms with van der Waals surface area (Å²) in [4.78, 5) is 0.378. The molecular formula is C13H20BrClN2O2S. The van der Waals surface area contributed by atoms with Crippen molar-refractivity contribution in [2.75, 3.05) is 19.6 Å². The van der Waals surface area contributed by atoms with Crippen molar-refractivity contribution in [2.45, 2.75) is 25.2 Å². The first kappa shape index (κ1) is 17.9. The van der Waals surface area contributed by atoms with Gasteiger partial charge in [-0.25, -0.2) is 8.42 Å². The van der Waals surface area contributed by atoms with Crippen LogP contribution in [0, 0.1) is 12.3 Å². The van der Waals surface area contributed by atoms with E-state index in [2.05, 4.69) is 15.9 Å². The number of hydrogen-bond acceptors (Lipinski definition) is 3. The molecule has 0 bridgehead atoms. The highest BCUT2D eigenvalue weighted by Gasteiger charge is 2.39. The molecule has 2 N–H and O–H groups in total. The fourth-order valence-electron chi connectivity index (χ4n) is 2.34. The second kappa shape index (κ2) is 6.32. The van der Waals surface area contributed by atoms with Crippen molar-refractivity contribution in [3.05, 3.63) is 28.2 Å². The molecule has 0 saturated carbocycles. The first-order valence-electron chi connectivity index (χ1n) is 6.25. The van der Waals surface area contributed by atoms with Crippen molar-refractivity contribution in [2.24, 2.45) is 11.1 Å². The average molecular weight is 384 g/mol. The topological polar surface area (TPSA) is 63.4 Å². The van der Waals surface area contributed by atoms with Gasteiger partial charge < -0.3 is 5.73 Å². The van der Waals surface area contributed by atoms with Crippen LogP contribution in [-0.4, -0.2) is 32.4 Å². The molecule has 114 valence electrons. The maximum atomic E-state index is 12.7. The molecule has 0 aromatic heterocycles. The van der Waals surface area contributed by atoms with Gasteiger partial charge in [0.2, 0.25) is 10.0 Å². The molecule has 4 nitrogen and oxygen atoms in total. The minimum Gasteiger partial charge on any atom is -0.330 e. The highest BCUT2D eigenvalue weighted by Crippen LogP contribution is 2.33. The van der Waals surface area contributed by atoms with Crippen LogP contribution in [0.1, 0.15) is 18.9 Å². The number of nitrogens with zero attached hydrogens (tertiary/aromatic N) is 1. The summed E-state index contributed by atoms with van der Waals surface area (Å²) < 4.78 is 27.7. The van der Waals surface area contributed by atoms with Crippen LogP contribution in [0.3, 0.4) is 0 Å². The zero-order valence-corrected chi connectivity index (χ0v) is 14.8. The molecule has 1 aliphatic rings. The Kier molecular flexibility index (Phi) is 5.66. The number of benzene rings is 1. The first-order chi connectivity index (χ1) is 8.78. The number of nitrogens with two attached hydrogens (primary N) is 1. The lowest BCUT2D eigenvalue weighted by atomic mass is 9.90. The minimum absolute atomic E-state index is 0. The highest BCUT2D eigenvalue weighted by atomic mass is 79.9. The third kappa shape index (κ3) is 3.36. The van der Waals surface area contributed by atoms with E-state index in [1.54, 1.807) is 10.4 Å². The van der Waals surface area contributed by atoms with Crippen molar-refractivity contribution >= 4 is 38.4 Å². The van der Waals surface area contributed by atoms with Gasteiger partial charge in [0.1, 0.15) is 0 Å². The smallest absolute Gasteiger partial charge is 0.243 e. The van der Waals surface area contributed by atoms with Gasteiger partial charge in [0, 0.05) is 17.6 Å². The second-order valence-corrected chi connectivity index (χ2v) is 8.34. The van der Waals surface area contributed by atoms with Crippen LogP contribution in [0.4, 0.5) is 0 Å². The predicted molar refractivity (Wildman–Crippen MR) is 86.7 cm³/mol. The van der Waals surface area contributed by atoms with E-state index >= 15 is 0 Å². The van der Waals surface area contributed by atoms with Gasteiger partial charge in [-0.2, -0.15) is 4.31 Å². The molecule has 1 unspecified atom stereocenters. The summed E-state index contributed by atoms with van der Waals surface area (Å²) in [6.45, 7) is 5.41. The largest absolute Gasteiger partial charge is 0.330 e. The monoisotopic (exact) mass is 382 g/mol. The summed E-state index contributed by atoms with van der Waals surface area (Å²) in [7, 11) is -3.43. The maximum absolute atomic E-state index is 12.7. The summed E-state index contributed by atoms with van der Waals surface area (Å²) >= 11 is 3.33. The second-order valence-electron chi connectivity index (χ2n) is 5.51. The summed E-state index contributed by atoms with van der Waals surface area (Å²) in [6, 6.07) is 5.33. The van der Waals surface area contributed by atoms with E-state index in [4.69, 9.17) is 5.73 Å².